The number of aromatic nitrogens is 2. The van der Waals surface area contributed by atoms with E-state index in [9.17, 15) is 9.59 Å². The quantitative estimate of drug-likeness (QED) is 0.794. The highest BCUT2D eigenvalue weighted by molar-refractivity contribution is 5.91. The predicted octanol–water partition coefficient (Wildman–Crippen LogP) is 0.0522. The summed E-state index contributed by atoms with van der Waals surface area (Å²) in [5.74, 6) is -0.876. The van der Waals surface area contributed by atoms with Gasteiger partial charge in [-0.3, -0.25) is 19.2 Å². The first-order chi connectivity index (χ1) is 10.1. The van der Waals surface area contributed by atoms with Gasteiger partial charge in [0.15, 0.2) is 0 Å². The molecular weight excluding hydrogens is 272 g/mol. The second-order valence-corrected chi connectivity index (χ2v) is 5.06. The number of hydrogen-bond acceptors (Lipinski definition) is 4. The third-order valence-electron chi connectivity index (χ3n) is 3.51. The fourth-order valence-electron chi connectivity index (χ4n) is 2.35. The van der Waals surface area contributed by atoms with E-state index in [1.54, 1.807) is 27.9 Å². The maximum absolute atomic E-state index is 12.2. The Kier molecular flexibility index (Phi) is 5.10. The molecule has 1 saturated heterocycles. The lowest BCUT2D eigenvalue weighted by molar-refractivity contribution is -0.138. The van der Waals surface area contributed by atoms with Gasteiger partial charge in [-0.2, -0.15) is 5.10 Å². The average Bonchev–Trinajstić information content (AvgIpc) is 2.70. The minimum absolute atomic E-state index is 0.0346. The number of hydrogen-bond donors (Lipinski definition) is 1. The molecule has 1 aromatic heterocycles. The summed E-state index contributed by atoms with van der Waals surface area (Å²) in [5.41, 5.74) is 0.866. The van der Waals surface area contributed by atoms with E-state index in [1.165, 1.54) is 0 Å². The Morgan fingerprint density at radius 3 is 2.81 bits per heavy atom. The Hall–Kier alpha value is -2.15. The zero-order valence-corrected chi connectivity index (χ0v) is 12.1. The van der Waals surface area contributed by atoms with E-state index in [0.717, 1.165) is 12.1 Å². The summed E-state index contributed by atoms with van der Waals surface area (Å²) in [5, 5.41) is 12.8. The van der Waals surface area contributed by atoms with E-state index >= 15 is 0 Å². The van der Waals surface area contributed by atoms with Crippen molar-refractivity contribution in [2.45, 2.75) is 6.42 Å². The molecule has 21 heavy (non-hydrogen) atoms. The van der Waals surface area contributed by atoms with Crippen molar-refractivity contribution < 1.29 is 14.7 Å². The molecule has 1 aliphatic heterocycles. The van der Waals surface area contributed by atoms with Crippen LogP contribution in [0.15, 0.2) is 18.3 Å². The first-order valence-corrected chi connectivity index (χ1v) is 6.95. The fraction of sp³-hybridized carbons (Fsp3) is 0.500. The first-order valence-electron chi connectivity index (χ1n) is 6.95. The number of nitrogens with zero attached hydrogens (tertiary/aromatic N) is 4. The van der Waals surface area contributed by atoms with Gasteiger partial charge in [0.2, 0.25) is 5.91 Å². The van der Waals surface area contributed by atoms with Crippen LogP contribution in [0.4, 0.5) is 0 Å². The summed E-state index contributed by atoms with van der Waals surface area (Å²) in [6.07, 6.45) is 5.76. The monoisotopic (exact) mass is 292 g/mol. The van der Waals surface area contributed by atoms with E-state index in [-0.39, 0.29) is 12.5 Å². The smallest absolute Gasteiger partial charge is 0.317 e. The summed E-state index contributed by atoms with van der Waals surface area (Å²) in [6, 6.07) is 1.83. The Morgan fingerprint density at radius 1 is 1.33 bits per heavy atom. The van der Waals surface area contributed by atoms with Crippen LogP contribution in [0.2, 0.25) is 0 Å². The largest absolute Gasteiger partial charge is 0.480 e. The van der Waals surface area contributed by atoms with Gasteiger partial charge in [-0.25, -0.2) is 0 Å². The summed E-state index contributed by atoms with van der Waals surface area (Å²) in [7, 11) is 1.82. The Labute approximate surface area is 123 Å². The molecule has 0 aromatic carbocycles. The molecule has 0 radical (unpaired) electrons. The van der Waals surface area contributed by atoms with Crippen LogP contribution in [0.5, 0.6) is 0 Å². The Morgan fingerprint density at radius 2 is 2.14 bits per heavy atom. The van der Waals surface area contributed by atoms with Crippen molar-refractivity contribution >= 4 is 18.0 Å². The van der Waals surface area contributed by atoms with Gasteiger partial charge in [0, 0.05) is 45.5 Å². The zero-order chi connectivity index (χ0) is 15.2. The summed E-state index contributed by atoms with van der Waals surface area (Å²) in [4.78, 5) is 26.5. The minimum atomic E-state index is -0.828. The average molecular weight is 292 g/mol. The molecule has 1 aliphatic rings. The molecule has 1 amide bonds. The maximum atomic E-state index is 12.2. The van der Waals surface area contributed by atoms with Gasteiger partial charge < -0.3 is 10.0 Å². The molecule has 2 heterocycles. The van der Waals surface area contributed by atoms with Crippen molar-refractivity contribution in [3.63, 3.8) is 0 Å². The standard InChI is InChI=1S/C14H20N4O3/c1-16-12(5-6-15-16)3-4-13(19)18-8-2-7-17(9-10-18)11-14(20)21/h3-6H,2,7-11H2,1H3,(H,20,21). The van der Waals surface area contributed by atoms with Gasteiger partial charge in [0.25, 0.3) is 0 Å². The van der Waals surface area contributed by atoms with Gasteiger partial charge in [0.05, 0.1) is 12.2 Å². The SMILES string of the molecule is Cn1nccc1C=CC(=O)N1CCCN(CC(=O)O)CC1. The molecule has 7 heteroatoms. The molecule has 0 unspecified atom stereocenters. The normalized spacial score (nSPS) is 17.1. The van der Waals surface area contributed by atoms with Crippen LogP contribution in [-0.2, 0) is 16.6 Å². The second kappa shape index (κ2) is 7.03. The van der Waals surface area contributed by atoms with Gasteiger partial charge in [0.1, 0.15) is 0 Å². The highest BCUT2D eigenvalue weighted by Gasteiger charge is 2.18. The van der Waals surface area contributed by atoms with Crippen molar-refractivity contribution in [3.05, 3.63) is 24.0 Å². The van der Waals surface area contributed by atoms with Crippen LogP contribution in [0.25, 0.3) is 6.08 Å². The van der Waals surface area contributed by atoms with E-state index < -0.39 is 5.97 Å². The van der Waals surface area contributed by atoms with Gasteiger partial charge in [-0.05, 0) is 18.6 Å². The van der Waals surface area contributed by atoms with Crippen LogP contribution in [-0.4, -0.2) is 69.3 Å². The zero-order valence-electron chi connectivity index (χ0n) is 12.1. The highest BCUT2D eigenvalue weighted by atomic mass is 16.4. The van der Waals surface area contributed by atoms with E-state index in [1.807, 2.05) is 18.0 Å². The fourth-order valence-corrected chi connectivity index (χ4v) is 2.35. The number of rotatable bonds is 4. The highest BCUT2D eigenvalue weighted by Crippen LogP contribution is 2.06. The van der Waals surface area contributed by atoms with Gasteiger partial charge >= 0.3 is 5.97 Å². The van der Waals surface area contributed by atoms with Crippen LogP contribution in [0.3, 0.4) is 0 Å². The molecule has 0 aliphatic carbocycles. The predicted molar refractivity (Wildman–Crippen MR) is 77.5 cm³/mol. The molecule has 114 valence electrons. The summed E-state index contributed by atoms with van der Waals surface area (Å²) in [6.45, 7) is 2.55. The van der Waals surface area contributed by atoms with Crippen LogP contribution < -0.4 is 0 Å². The lowest BCUT2D eigenvalue weighted by atomic mass is 10.3. The minimum Gasteiger partial charge on any atom is -0.480 e. The lowest BCUT2D eigenvalue weighted by Crippen LogP contribution is -2.36. The molecule has 2 rings (SSSR count). The Balaban J connectivity index is 1.90. The van der Waals surface area contributed by atoms with Crippen molar-refractivity contribution in [1.82, 2.24) is 19.6 Å². The Bertz CT molecular complexity index is 538. The number of carbonyl (C=O) groups is 2. The third kappa shape index (κ3) is 4.42. The summed E-state index contributed by atoms with van der Waals surface area (Å²) < 4.78 is 1.70. The van der Waals surface area contributed by atoms with Crippen LogP contribution in [0, 0.1) is 0 Å². The maximum Gasteiger partial charge on any atom is 0.317 e. The van der Waals surface area contributed by atoms with E-state index in [4.69, 9.17) is 5.11 Å². The molecule has 0 spiro atoms. The van der Waals surface area contributed by atoms with Gasteiger partial charge in [-0.15, -0.1) is 0 Å². The van der Waals surface area contributed by atoms with Gasteiger partial charge in [-0.1, -0.05) is 0 Å². The molecule has 1 aromatic rings. The van der Waals surface area contributed by atoms with Crippen LogP contribution in [0.1, 0.15) is 12.1 Å². The molecule has 0 saturated carbocycles. The molecule has 0 bridgehead atoms. The number of aliphatic carboxylic acids is 1. The number of carboxylic acids is 1. The summed E-state index contributed by atoms with van der Waals surface area (Å²) >= 11 is 0. The second-order valence-electron chi connectivity index (χ2n) is 5.06. The number of carbonyl (C=O) groups excluding carboxylic acids is 1. The number of aryl methyl sites for hydroxylation is 1. The lowest BCUT2D eigenvalue weighted by Gasteiger charge is -2.19. The topological polar surface area (TPSA) is 78.7 Å². The van der Waals surface area contributed by atoms with E-state index in [0.29, 0.717) is 26.2 Å². The molecule has 7 nitrogen and oxygen atoms in total. The third-order valence-corrected chi connectivity index (χ3v) is 3.51. The van der Waals surface area contributed by atoms with Crippen molar-refractivity contribution in [2.24, 2.45) is 7.05 Å². The van der Waals surface area contributed by atoms with Crippen molar-refractivity contribution in [3.8, 4) is 0 Å². The first kappa shape index (κ1) is 15.2. The molecule has 1 fully saturated rings. The van der Waals surface area contributed by atoms with Crippen molar-refractivity contribution in [2.75, 3.05) is 32.7 Å². The molecular formula is C14H20N4O3. The number of carboxylic acid groups (broad SMARTS) is 1. The molecule has 0 atom stereocenters. The van der Waals surface area contributed by atoms with Crippen LogP contribution >= 0.6 is 0 Å². The van der Waals surface area contributed by atoms with E-state index in [2.05, 4.69) is 5.10 Å². The molecule has 1 N–H and O–H groups in total. The van der Waals surface area contributed by atoms with Crippen molar-refractivity contribution in [1.29, 1.82) is 0 Å². The number of amides is 1.